The Kier molecular flexibility index (Phi) is 2.86. The molecule has 1 aliphatic carbocycles. The second kappa shape index (κ2) is 3.99. The van der Waals surface area contributed by atoms with E-state index < -0.39 is 17.2 Å². The lowest BCUT2D eigenvalue weighted by atomic mass is 9.63. The molecule has 0 radical (unpaired) electrons. The Hall–Kier alpha value is -1.54. The molecule has 0 amide bonds. The number of nitrogens with zero attached hydrogens (tertiary/aromatic N) is 1. The molecule has 0 bridgehead atoms. The minimum absolute atomic E-state index is 0.0511. The lowest BCUT2D eigenvalue weighted by Gasteiger charge is -2.35. The molecule has 0 heterocycles. The van der Waals surface area contributed by atoms with Crippen molar-refractivity contribution < 1.29 is 18.0 Å². The van der Waals surface area contributed by atoms with Crippen LogP contribution >= 0.6 is 11.6 Å². The summed E-state index contributed by atoms with van der Waals surface area (Å²) in [6.07, 6.45) is -4.94. The Balaban J connectivity index is 2.59. The second-order valence-electron chi connectivity index (χ2n) is 4.27. The molecule has 94 valence electrons. The van der Waals surface area contributed by atoms with E-state index in [0.29, 0.717) is 0 Å². The molecule has 1 aromatic carbocycles. The summed E-state index contributed by atoms with van der Waals surface area (Å²) in [5.41, 5.74) is -2.46. The smallest absolute Gasteiger partial charge is 0.300 e. The molecule has 0 N–H and O–H groups in total. The maximum atomic E-state index is 12.9. The Morgan fingerprint density at radius 1 is 1.33 bits per heavy atom. The van der Waals surface area contributed by atoms with E-state index in [1.54, 1.807) is 0 Å². The van der Waals surface area contributed by atoms with Gasteiger partial charge in [-0.15, -0.1) is 0 Å². The highest BCUT2D eigenvalue weighted by atomic mass is 35.5. The van der Waals surface area contributed by atoms with Crippen molar-refractivity contribution in [3.05, 3.63) is 34.3 Å². The average molecular weight is 274 g/mol. The van der Waals surface area contributed by atoms with Crippen LogP contribution in [0, 0.1) is 11.3 Å². The molecule has 2 nitrogen and oxygen atoms in total. The zero-order valence-electron chi connectivity index (χ0n) is 9.01. The summed E-state index contributed by atoms with van der Waals surface area (Å²) in [6, 6.07) is 5.10. The van der Waals surface area contributed by atoms with E-state index in [1.165, 1.54) is 12.1 Å². The minimum atomic E-state index is -4.59. The molecule has 1 saturated carbocycles. The number of alkyl halides is 3. The minimum Gasteiger partial charge on any atom is -0.300 e. The van der Waals surface area contributed by atoms with Gasteiger partial charge in [0.05, 0.1) is 17.0 Å². The van der Waals surface area contributed by atoms with Gasteiger partial charge in [0, 0.05) is 17.9 Å². The van der Waals surface area contributed by atoms with Crippen molar-refractivity contribution in [3.8, 4) is 6.07 Å². The fourth-order valence-corrected chi connectivity index (χ4v) is 2.29. The number of nitriles is 1. The van der Waals surface area contributed by atoms with Gasteiger partial charge >= 0.3 is 6.18 Å². The Morgan fingerprint density at radius 3 is 2.39 bits per heavy atom. The summed E-state index contributed by atoms with van der Waals surface area (Å²) in [5, 5.41) is 9.01. The molecule has 18 heavy (non-hydrogen) atoms. The van der Waals surface area contributed by atoms with Crippen molar-refractivity contribution in [3.63, 3.8) is 0 Å². The first-order valence-corrected chi connectivity index (χ1v) is 5.46. The first-order valence-electron chi connectivity index (χ1n) is 5.09. The molecule has 1 aliphatic rings. The van der Waals surface area contributed by atoms with Gasteiger partial charge in [0.25, 0.3) is 0 Å². The molecule has 6 heteroatoms. The first kappa shape index (κ1) is 12.9. The van der Waals surface area contributed by atoms with Crippen LogP contribution in [-0.2, 0) is 16.4 Å². The highest BCUT2D eigenvalue weighted by Crippen LogP contribution is 2.46. The van der Waals surface area contributed by atoms with Crippen LogP contribution in [0.4, 0.5) is 13.2 Å². The summed E-state index contributed by atoms with van der Waals surface area (Å²) in [6.45, 7) is 0. The van der Waals surface area contributed by atoms with E-state index in [0.717, 1.165) is 6.07 Å². The summed E-state index contributed by atoms with van der Waals surface area (Å²) >= 11 is 5.56. The summed E-state index contributed by atoms with van der Waals surface area (Å²) in [5.74, 6) is -0.209. The Bertz CT molecular complexity index is 551. The first-order chi connectivity index (χ1) is 8.28. The molecule has 0 spiro atoms. The predicted molar refractivity (Wildman–Crippen MR) is 58.0 cm³/mol. The number of hydrogen-bond acceptors (Lipinski definition) is 2. The van der Waals surface area contributed by atoms with Gasteiger partial charge in [-0.25, -0.2) is 0 Å². The Labute approximate surface area is 106 Å². The molecule has 0 unspecified atom stereocenters. The molecule has 0 atom stereocenters. The van der Waals surface area contributed by atoms with Crippen molar-refractivity contribution in [1.82, 2.24) is 0 Å². The van der Waals surface area contributed by atoms with Gasteiger partial charge in [-0.3, -0.25) is 4.79 Å². The third kappa shape index (κ3) is 1.97. The number of carbonyl (C=O) groups is 1. The number of hydrogen-bond donors (Lipinski definition) is 0. The topological polar surface area (TPSA) is 40.9 Å². The van der Waals surface area contributed by atoms with Crippen molar-refractivity contribution in [2.75, 3.05) is 0 Å². The fourth-order valence-electron chi connectivity index (χ4n) is 2.12. The van der Waals surface area contributed by atoms with E-state index in [4.69, 9.17) is 16.9 Å². The third-order valence-electron chi connectivity index (χ3n) is 3.01. The number of Topliss-reactive ketones (excluding diaryl/α,β-unsaturated/α-hetero) is 1. The second-order valence-corrected chi connectivity index (χ2v) is 4.71. The maximum absolute atomic E-state index is 12.9. The summed E-state index contributed by atoms with van der Waals surface area (Å²) in [4.78, 5) is 11.0. The summed E-state index contributed by atoms with van der Waals surface area (Å²) < 4.78 is 38.7. The molecule has 2 rings (SSSR count). The van der Waals surface area contributed by atoms with Gasteiger partial charge in [-0.05, 0) is 17.7 Å². The Morgan fingerprint density at radius 2 is 1.94 bits per heavy atom. The van der Waals surface area contributed by atoms with Crippen LogP contribution in [0.15, 0.2) is 18.2 Å². The number of carbonyl (C=O) groups excluding carboxylic acids is 1. The van der Waals surface area contributed by atoms with Crippen LogP contribution in [0.25, 0.3) is 0 Å². The lowest BCUT2D eigenvalue weighted by molar-refractivity contribution is -0.140. The van der Waals surface area contributed by atoms with E-state index >= 15 is 0 Å². The zero-order valence-corrected chi connectivity index (χ0v) is 9.77. The van der Waals surface area contributed by atoms with Gasteiger partial charge in [-0.1, -0.05) is 17.7 Å². The molecular weight excluding hydrogens is 267 g/mol. The quantitative estimate of drug-likeness (QED) is 0.786. The average Bonchev–Trinajstić information content (AvgIpc) is 2.23. The lowest BCUT2D eigenvalue weighted by Crippen LogP contribution is -2.41. The largest absolute Gasteiger partial charge is 0.416 e. The maximum Gasteiger partial charge on any atom is 0.416 e. The monoisotopic (exact) mass is 273 g/mol. The molecule has 0 saturated heterocycles. The van der Waals surface area contributed by atoms with Crippen LogP contribution in [0.2, 0.25) is 5.02 Å². The highest BCUT2D eigenvalue weighted by molar-refractivity contribution is 6.30. The molecular formula is C12H7ClF3NO. The van der Waals surface area contributed by atoms with Gasteiger partial charge in [0.1, 0.15) is 5.78 Å². The normalized spacial score (nSPS) is 18.1. The van der Waals surface area contributed by atoms with Crippen molar-refractivity contribution in [2.24, 2.45) is 0 Å². The van der Waals surface area contributed by atoms with Crippen LogP contribution in [0.5, 0.6) is 0 Å². The molecule has 1 fully saturated rings. The van der Waals surface area contributed by atoms with Crippen molar-refractivity contribution in [2.45, 2.75) is 24.4 Å². The standard InChI is InChI=1S/C12H7ClF3NO/c13-7-1-2-9(10(3-7)12(14,15)16)11(6-17)4-8(18)5-11/h1-3H,4-5H2. The highest BCUT2D eigenvalue weighted by Gasteiger charge is 2.49. The third-order valence-corrected chi connectivity index (χ3v) is 3.25. The molecule has 0 aromatic heterocycles. The van der Waals surface area contributed by atoms with E-state index in [9.17, 15) is 18.0 Å². The van der Waals surface area contributed by atoms with E-state index in [1.807, 2.05) is 6.07 Å². The molecule has 0 aliphatic heterocycles. The number of ketones is 1. The fraction of sp³-hybridized carbons (Fsp3) is 0.333. The predicted octanol–water partition coefficient (Wildman–Crippen LogP) is 3.48. The number of benzene rings is 1. The number of halogens is 4. The number of rotatable bonds is 1. The van der Waals surface area contributed by atoms with Gasteiger partial charge in [-0.2, -0.15) is 18.4 Å². The zero-order chi connectivity index (χ0) is 13.6. The van der Waals surface area contributed by atoms with E-state index in [2.05, 4.69) is 0 Å². The van der Waals surface area contributed by atoms with Crippen molar-refractivity contribution >= 4 is 17.4 Å². The SMILES string of the molecule is N#CC1(c2ccc(Cl)cc2C(F)(F)F)CC(=O)C1. The molecule has 1 aromatic rings. The van der Waals surface area contributed by atoms with Gasteiger partial charge in [0.2, 0.25) is 0 Å². The van der Waals surface area contributed by atoms with Crippen molar-refractivity contribution in [1.29, 1.82) is 5.26 Å². The van der Waals surface area contributed by atoms with E-state index in [-0.39, 0.29) is 29.2 Å². The van der Waals surface area contributed by atoms with Gasteiger partial charge in [0.15, 0.2) is 0 Å². The van der Waals surface area contributed by atoms with Crippen LogP contribution in [-0.4, -0.2) is 5.78 Å². The summed E-state index contributed by atoms with van der Waals surface area (Å²) in [7, 11) is 0. The van der Waals surface area contributed by atoms with Crippen LogP contribution in [0.1, 0.15) is 24.0 Å². The van der Waals surface area contributed by atoms with Gasteiger partial charge < -0.3 is 0 Å². The van der Waals surface area contributed by atoms with Crippen LogP contribution < -0.4 is 0 Å². The van der Waals surface area contributed by atoms with Crippen LogP contribution in [0.3, 0.4) is 0 Å².